The van der Waals surface area contributed by atoms with Gasteiger partial charge in [-0.25, -0.2) is 8.42 Å². The number of sulfonamides is 1. The van der Waals surface area contributed by atoms with Crippen LogP contribution in [0.5, 0.6) is 11.5 Å². The van der Waals surface area contributed by atoms with Crippen molar-refractivity contribution in [2.24, 2.45) is 0 Å². The molecule has 0 radical (unpaired) electrons. The van der Waals surface area contributed by atoms with E-state index < -0.39 is 14.9 Å². The van der Waals surface area contributed by atoms with Gasteiger partial charge in [0.2, 0.25) is 0 Å². The highest BCUT2D eigenvalue weighted by molar-refractivity contribution is 7.92. The van der Waals surface area contributed by atoms with Crippen LogP contribution in [-0.2, 0) is 10.0 Å². The van der Waals surface area contributed by atoms with E-state index in [0.29, 0.717) is 17.2 Å². The van der Waals surface area contributed by atoms with Crippen LogP contribution in [0, 0.1) is 10.1 Å². The van der Waals surface area contributed by atoms with Gasteiger partial charge in [-0.1, -0.05) is 6.08 Å². The smallest absolute Gasteiger partial charge is 0.269 e. The lowest BCUT2D eigenvalue weighted by molar-refractivity contribution is -0.384. The van der Waals surface area contributed by atoms with Gasteiger partial charge < -0.3 is 9.47 Å². The zero-order valence-electron chi connectivity index (χ0n) is 14.3. The minimum absolute atomic E-state index is 0.00873. The fourth-order valence-corrected chi connectivity index (χ4v) is 3.73. The van der Waals surface area contributed by atoms with Gasteiger partial charge in [0.05, 0.1) is 36.3 Å². The summed E-state index contributed by atoms with van der Waals surface area (Å²) in [4.78, 5) is 10.1. The van der Waals surface area contributed by atoms with Crippen LogP contribution in [0.2, 0.25) is 0 Å². The number of ether oxygens (including phenoxy) is 2. The normalized spacial score (nSPS) is 10.8. The third-order valence-electron chi connectivity index (χ3n) is 3.59. The van der Waals surface area contributed by atoms with Gasteiger partial charge in [-0.05, 0) is 24.3 Å². The van der Waals surface area contributed by atoms with Gasteiger partial charge in [-0.15, -0.1) is 6.58 Å². The van der Waals surface area contributed by atoms with Crippen molar-refractivity contribution in [1.29, 1.82) is 0 Å². The molecule has 0 saturated heterocycles. The maximum Gasteiger partial charge on any atom is 0.269 e. The number of anilines is 1. The van der Waals surface area contributed by atoms with Crippen LogP contribution < -0.4 is 13.8 Å². The average Bonchev–Trinajstić information content (AvgIpc) is 2.65. The van der Waals surface area contributed by atoms with E-state index in [1.165, 1.54) is 38.5 Å². The molecule has 9 heteroatoms. The van der Waals surface area contributed by atoms with Crippen LogP contribution in [0.3, 0.4) is 0 Å². The van der Waals surface area contributed by atoms with Gasteiger partial charge >= 0.3 is 0 Å². The minimum atomic E-state index is -3.96. The fraction of sp³-hybridized carbons (Fsp3) is 0.176. The van der Waals surface area contributed by atoms with Crippen molar-refractivity contribution in [2.75, 3.05) is 25.1 Å². The Morgan fingerprint density at radius 2 is 1.73 bits per heavy atom. The Morgan fingerprint density at radius 3 is 2.23 bits per heavy atom. The molecule has 0 spiro atoms. The first-order valence-electron chi connectivity index (χ1n) is 7.45. The van der Waals surface area contributed by atoms with Crippen molar-refractivity contribution < 1.29 is 22.8 Å². The van der Waals surface area contributed by atoms with E-state index in [4.69, 9.17) is 9.47 Å². The second kappa shape index (κ2) is 7.87. The quantitative estimate of drug-likeness (QED) is 0.398. The number of hydrogen-bond donors (Lipinski definition) is 0. The maximum absolute atomic E-state index is 13.0. The van der Waals surface area contributed by atoms with Gasteiger partial charge in [0.1, 0.15) is 0 Å². The molecule has 2 rings (SSSR count). The topological polar surface area (TPSA) is 99.0 Å². The molecule has 138 valence electrons. The third kappa shape index (κ3) is 3.77. The molecule has 0 N–H and O–H groups in total. The second-order valence-corrected chi connectivity index (χ2v) is 6.98. The van der Waals surface area contributed by atoms with E-state index in [9.17, 15) is 18.5 Å². The van der Waals surface area contributed by atoms with Crippen molar-refractivity contribution in [1.82, 2.24) is 0 Å². The largest absolute Gasteiger partial charge is 0.493 e. The zero-order valence-corrected chi connectivity index (χ0v) is 15.1. The Balaban J connectivity index is 2.51. The lowest BCUT2D eigenvalue weighted by Gasteiger charge is -2.24. The van der Waals surface area contributed by atoms with Crippen LogP contribution in [0.25, 0.3) is 0 Å². The second-order valence-electron chi connectivity index (χ2n) is 5.12. The van der Waals surface area contributed by atoms with Crippen LogP contribution in [-0.4, -0.2) is 34.1 Å². The SMILES string of the molecule is C=CCN(c1ccc(OC)c(OC)c1)S(=O)(=O)c1ccc([N+](=O)[O-])cc1. The monoisotopic (exact) mass is 378 g/mol. The van der Waals surface area contributed by atoms with E-state index in [2.05, 4.69) is 6.58 Å². The maximum atomic E-state index is 13.0. The van der Waals surface area contributed by atoms with Crippen molar-refractivity contribution >= 4 is 21.4 Å². The Bertz CT molecular complexity index is 909. The molecule has 2 aromatic rings. The lowest BCUT2D eigenvalue weighted by Crippen LogP contribution is -2.31. The van der Waals surface area contributed by atoms with Gasteiger partial charge in [0.15, 0.2) is 11.5 Å². The minimum Gasteiger partial charge on any atom is -0.493 e. The van der Waals surface area contributed by atoms with E-state index >= 15 is 0 Å². The lowest BCUT2D eigenvalue weighted by atomic mass is 10.2. The first-order valence-corrected chi connectivity index (χ1v) is 8.89. The Kier molecular flexibility index (Phi) is 5.83. The molecule has 0 aliphatic carbocycles. The molecule has 0 saturated carbocycles. The number of nitro benzene ring substituents is 1. The summed E-state index contributed by atoms with van der Waals surface area (Å²) in [6.45, 7) is 3.60. The van der Waals surface area contributed by atoms with Crippen LogP contribution in [0.15, 0.2) is 60.0 Å². The molecule has 0 fully saturated rings. The molecule has 2 aromatic carbocycles. The number of hydrogen-bond acceptors (Lipinski definition) is 6. The molecule has 26 heavy (non-hydrogen) atoms. The van der Waals surface area contributed by atoms with Crippen LogP contribution in [0.1, 0.15) is 0 Å². The van der Waals surface area contributed by atoms with E-state index in [1.807, 2.05) is 0 Å². The predicted octanol–water partition coefficient (Wildman–Crippen LogP) is 2.99. The van der Waals surface area contributed by atoms with Crippen molar-refractivity contribution in [3.8, 4) is 11.5 Å². The number of methoxy groups -OCH3 is 2. The van der Waals surface area contributed by atoms with Crippen LogP contribution >= 0.6 is 0 Å². The highest BCUT2D eigenvalue weighted by Gasteiger charge is 2.25. The molecule has 0 aromatic heterocycles. The molecular weight excluding hydrogens is 360 g/mol. The number of rotatable bonds is 8. The van der Waals surface area contributed by atoms with Gasteiger partial charge in [-0.2, -0.15) is 0 Å². The molecule has 0 bridgehead atoms. The van der Waals surface area contributed by atoms with Crippen molar-refractivity contribution in [2.45, 2.75) is 4.90 Å². The van der Waals surface area contributed by atoms with Crippen LogP contribution in [0.4, 0.5) is 11.4 Å². The summed E-state index contributed by atoms with van der Waals surface area (Å²) in [5, 5.41) is 10.8. The summed E-state index contributed by atoms with van der Waals surface area (Å²) in [5.74, 6) is 0.834. The molecule has 0 amide bonds. The molecule has 0 aliphatic rings. The molecule has 0 atom stereocenters. The van der Waals surface area contributed by atoms with E-state index in [1.54, 1.807) is 12.1 Å². The highest BCUT2D eigenvalue weighted by Crippen LogP contribution is 2.34. The standard InChI is InChI=1S/C17H18N2O6S/c1-4-11-18(14-7-10-16(24-2)17(12-14)25-3)26(22,23)15-8-5-13(6-9-15)19(20)21/h4-10,12H,1,11H2,2-3H3. The van der Waals surface area contributed by atoms with Gasteiger partial charge in [-0.3, -0.25) is 14.4 Å². The first-order chi connectivity index (χ1) is 12.3. The third-order valence-corrected chi connectivity index (χ3v) is 5.39. The highest BCUT2D eigenvalue weighted by atomic mass is 32.2. The summed E-state index contributed by atoms with van der Waals surface area (Å²) >= 11 is 0. The number of nitro groups is 1. The number of nitrogens with zero attached hydrogens (tertiary/aromatic N) is 2. The molecule has 0 unspecified atom stereocenters. The molecular formula is C17H18N2O6S. The average molecular weight is 378 g/mol. The summed E-state index contributed by atoms with van der Waals surface area (Å²) in [5.41, 5.74) is 0.159. The Morgan fingerprint density at radius 1 is 1.12 bits per heavy atom. The fourth-order valence-electron chi connectivity index (χ4n) is 2.31. The summed E-state index contributed by atoms with van der Waals surface area (Å²) in [6.07, 6.45) is 1.44. The zero-order chi connectivity index (χ0) is 19.3. The predicted molar refractivity (Wildman–Crippen MR) is 97.4 cm³/mol. The van der Waals surface area contributed by atoms with Gasteiger partial charge in [0, 0.05) is 18.2 Å². The molecule has 0 heterocycles. The summed E-state index contributed by atoms with van der Waals surface area (Å²) in [6, 6.07) is 9.39. The van der Waals surface area contributed by atoms with Gasteiger partial charge in [0.25, 0.3) is 15.7 Å². The Hall–Kier alpha value is -3.07. The van der Waals surface area contributed by atoms with Crippen molar-refractivity contribution in [3.63, 3.8) is 0 Å². The molecule has 8 nitrogen and oxygen atoms in total. The first kappa shape index (κ1) is 19.3. The summed E-state index contributed by atoms with van der Waals surface area (Å²) < 4.78 is 37.5. The number of benzene rings is 2. The van der Waals surface area contributed by atoms with Crippen molar-refractivity contribution in [3.05, 3.63) is 65.2 Å². The van der Waals surface area contributed by atoms with E-state index in [-0.39, 0.29) is 17.1 Å². The van der Waals surface area contributed by atoms with E-state index in [0.717, 1.165) is 16.4 Å². The molecule has 0 aliphatic heterocycles. The summed E-state index contributed by atoms with van der Waals surface area (Å²) in [7, 11) is -1.03. The Labute approximate surface area is 151 Å². The number of non-ortho nitro benzene ring substituents is 1.